The molecule has 0 spiro atoms. The first kappa shape index (κ1) is 7.94. The van der Waals surface area contributed by atoms with Crippen LogP contribution in [0.5, 0.6) is 0 Å². The third kappa shape index (κ3) is 0.974. The van der Waals surface area contributed by atoms with E-state index in [0.29, 0.717) is 0 Å². The lowest BCUT2D eigenvalue weighted by Crippen LogP contribution is -2.36. The fraction of sp³-hybridized carbons (Fsp3) is 0.200. The van der Waals surface area contributed by atoms with Gasteiger partial charge in [0.25, 0.3) is 0 Å². The second kappa shape index (κ2) is 2.78. The van der Waals surface area contributed by atoms with E-state index in [-0.39, 0.29) is 0 Å². The van der Waals surface area contributed by atoms with E-state index in [2.05, 4.69) is 10.3 Å². The number of aromatic nitrogens is 2. The van der Waals surface area contributed by atoms with Gasteiger partial charge in [0.05, 0.1) is 11.0 Å². The first-order chi connectivity index (χ1) is 6.86. The molecule has 1 N–H and O–H groups in total. The van der Waals surface area contributed by atoms with E-state index in [4.69, 9.17) is 12.2 Å². The molecule has 0 aliphatic carbocycles. The van der Waals surface area contributed by atoms with Gasteiger partial charge in [-0.3, -0.25) is 4.57 Å². The van der Waals surface area contributed by atoms with Crippen molar-refractivity contribution in [2.24, 2.45) is 0 Å². The van der Waals surface area contributed by atoms with Gasteiger partial charge in [-0.15, -0.1) is 0 Å². The summed E-state index contributed by atoms with van der Waals surface area (Å²) in [6.45, 7) is 0.891. The lowest BCUT2D eigenvalue weighted by Gasteiger charge is -2.17. The third-order valence-corrected chi connectivity index (χ3v) is 2.79. The van der Waals surface area contributed by atoms with Crippen molar-refractivity contribution in [2.75, 3.05) is 6.54 Å². The Hall–Kier alpha value is -1.42. The Bertz CT molecular complexity index is 515. The largest absolute Gasteiger partial charge is 0.362 e. The topological polar surface area (TPSA) is 29.9 Å². The number of benzene rings is 1. The lowest BCUT2D eigenvalue weighted by molar-refractivity contribution is 0.749. The molecule has 0 bridgehead atoms. The van der Waals surface area contributed by atoms with Crippen LogP contribution in [0.15, 0.2) is 24.3 Å². The molecule has 0 fully saturated rings. The number of fused-ring (bicyclic) bond motifs is 3. The highest BCUT2D eigenvalue weighted by Crippen LogP contribution is 2.17. The molecule has 2 aromatic rings. The van der Waals surface area contributed by atoms with Gasteiger partial charge in [-0.05, 0) is 24.4 Å². The van der Waals surface area contributed by atoms with Crippen molar-refractivity contribution in [1.29, 1.82) is 0 Å². The van der Waals surface area contributed by atoms with Crippen LogP contribution in [0.2, 0.25) is 0 Å². The van der Waals surface area contributed by atoms with Crippen LogP contribution >= 0.6 is 12.2 Å². The summed E-state index contributed by atoms with van der Waals surface area (Å²) in [6, 6.07) is 8.07. The summed E-state index contributed by atoms with van der Waals surface area (Å²) in [5, 5.41) is 3.93. The lowest BCUT2D eigenvalue weighted by atomic mass is 10.3. The summed E-state index contributed by atoms with van der Waals surface area (Å²) < 4.78 is 2.02. The Morgan fingerprint density at radius 2 is 2.21 bits per heavy atom. The smallest absolute Gasteiger partial charge is 0.179 e. The zero-order valence-corrected chi connectivity index (χ0v) is 8.34. The van der Waals surface area contributed by atoms with Crippen LogP contribution in [0.3, 0.4) is 0 Å². The molecule has 0 unspecified atom stereocenters. The summed E-state index contributed by atoms with van der Waals surface area (Å²) >= 11 is 5.25. The first-order valence-electron chi connectivity index (χ1n) is 4.61. The summed E-state index contributed by atoms with van der Waals surface area (Å²) in [6.07, 6.45) is 0.939. The highest BCUT2D eigenvalue weighted by Gasteiger charge is 2.16. The number of nitrogens with zero attached hydrogens (tertiary/aromatic N) is 2. The molecular weight excluding hydrogens is 194 g/mol. The molecule has 3 nitrogen and oxygen atoms in total. The van der Waals surface area contributed by atoms with E-state index in [0.717, 1.165) is 34.9 Å². The number of rotatable bonds is 0. The highest BCUT2D eigenvalue weighted by atomic mass is 32.1. The van der Waals surface area contributed by atoms with Crippen LogP contribution in [0.25, 0.3) is 11.0 Å². The van der Waals surface area contributed by atoms with Crippen molar-refractivity contribution in [2.45, 2.75) is 6.42 Å². The standard InChI is InChI=1S/C10H9N3S/c14-10-11-6-5-9-12-7-3-1-2-4-8(7)13(9)10/h1-4H,5-6H2,(H,11,14). The molecule has 0 saturated carbocycles. The van der Waals surface area contributed by atoms with E-state index < -0.39 is 0 Å². The van der Waals surface area contributed by atoms with Gasteiger partial charge in [-0.2, -0.15) is 0 Å². The van der Waals surface area contributed by atoms with Crippen LogP contribution in [0.1, 0.15) is 5.82 Å². The van der Waals surface area contributed by atoms with E-state index in [1.54, 1.807) is 0 Å². The normalized spacial score (nSPS) is 15.3. The maximum Gasteiger partial charge on any atom is 0.179 e. The molecule has 0 amide bonds. The van der Waals surface area contributed by atoms with Gasteiger partial charge >= 0.3 is 0 Å². The minimum Gasteiger partial charge on any atom is -0.362 e. The summed E-state index contributed by atoms with van der Waals surface area (Å²) in [4.78, 5) is 4.54. The second-order valence-corrected chi connectivity index (χ2v) is 3.72. The summed E-state index contributed by atoms with van der Waals surface area (Å²) in [5.41, 5.74) is 2.12. The van der Waals surface area contributed by atoms with Gasteiger partial charge in [0, 0.05) is 13.0 Å². The Morgan fingerprint density at radius 3 is 3.14 bits per heavy atom. The van der Waals surface area contributed by atoms with Crippen molar-refractivity contribution in [3.05, 3.63) is 30.1 Å². The maximum absolute atomic E-state index is 5.25. The van der Waals surface area contributed by atoms with Crippen LogP contribution in [0, 0.1) is 0 Å². The van der Waals surface area contributed by atoms with Gasteiger partial charge in [0.15, 0.2) is 5.11 Å². The number of para-hydroxylation sites is 2. The fourth-order valence-electron chi connectivity index (χ4n) is 1.83. The molecule has 1 aliphatic heterocycles. The van der Waals surface area contributed by atoms with E-state index in [1.807, 2.05) is 28.8 Å². The van der Waals surface area contributed by atoms with Gasteiger partial charge in [-0.1, -0.05) is 12.1 Å². The molecule has 0 saturated heterocycles. The maximum atomic E-state index is 5.25. The van der Waals surface area contributed by atoms with E-state index in [9.17, 15) is 0 Å². The van der Waals surface area contributed by atoms with E-state index in [1.165, 1.54) is 0 Å². The Morgan fingerprint density at radius 1 is 1.36 bits per heavy atom. The predicted molar refractivity (Wildman–Crippen MR) is 59.4 cm³/mol. The molecule has 3 rings (SSSR count). The predicted octanol–water partition coefficient (Wildman–Crippen LogP) is 1.31. The average Bonchev–Trinajstić information content (AvgIpc) is 2.57. The first-order valence-corrected chi connectivity index (χ1v) is 5.01. The summed E-state index contributed by atoms with van der Waals surface area (Å²) in [7, 11) is 0. The van der Waals surface area contributed by atoms with Crippen LogP contribution in [-0.2, 0) is 6.42 Å². The van der Waals surface area contributed by atoms with Gasteiger partial charge in [-0.25, -0.2) is 4.98 Å². The van der Waals surface area contributed by atoms with Crippen molar-refractivity contribution >= 4 is 28.4 Å². The Kier molecular flexibility index (Phi) is 1.58. The van der Waals surface area contributed by atoms with Crippen molar-refractivity contribution in [3.8, 4) is 0 Å². The molecule has 4 heteroatoms. The molecule has 70 valence electrons. The van der Waals surface area contributed by atoms with E-state index >= 15 is 0 Å². The Balaban J connectivity index is 2.39. The quantitative estimate of drug-likeness (QED) is 0.655. The van der Waals surface area contributed by atoms with Crippen molar-refractivity contribution in [3.63, 3.8) is 0 Å². The number of thiocarbonyl (C=S) groups is 1. The molecule has 0 radical (unpaired) electrons. The zero-order chi connectivity index (χ0) is 9.54. The number of imidazole rings is 1. The second-order valence-electron chi connectivity index (χ2n) is 3.33. The average molecular weight is 203 g/mol. The monoisotopic (exact) mass is 203 g/mol. The molecule has 1 aromatic carbocycles. The van der Waals surface area contributed by atoms with Gasteiger partial charge < -0.3 is 5.32 Å². The highest BCUT2D eigenvalue weighted by molar-refractivity contribution is 7.80. The zero-order valence-electron chi connectivity index (χ0n) is 7.53. The van der Waals surface area contributed by atoms with Crippen LogP contribution < -0.4 is 5.32 Å². The molecule has 1 aliphatic rings. The van der Waals surface area contributed by atoms with Gasteiger partial charge in [0.1, 0.15) is 5.82 Å². The van der Waals surface area contributed by atoms with Crippen molar-refractivity contribution < 1.29 is 0 Å². The minimum absolute atomic E-state index is 0.764. The van der Waals surface area contributed by atoms with Crippen molar-refractivity contribution in [1.82, 2.24) is 14.9 Å². The third-order valence-electron chi connectivity index (χ3n) is 2.46. The molecule has 14 heavy (non-hydrogen) atoms. The number of hydrogen-bond donors (Lipinski definition) is 1. The van der Waals surface area contributed by atoms with Gasteiger partial charge in [0.2, 0.25) is 0 Å². The minimum atomic E-state index is 0.764. The molecule has 2 heterocycles. The molecule has 0 atom stereocenters. The van der Waals surface area contributed by atoms with Crippen LogP contribution in [0.4, 0.5) is 0 Å². The number of hydrogen-bond acceptors (Lipinski definition) is 2. The molecule has 1 aromatic heterocycles. The fourth-order valence-corrected chi connectivity index (χ4v) is 2.14. The summed E-state index contributed by atoms with van der Waals surface area (Å²) in [5.74, 6) is 1.06. The SMILES string of the molecule is S=C1NCCc2nc3ccccc3n21. The number of nitrogens with one attached hydrogen (secondary N) is 1. The Labute approximate surface area is 86.7 Å². The molecular formula is C10H9N3S. The van der Waals surface area contributed by atoms with Crippen LogP contribution in [-0.4, -0.2) is 21.2 Å².